The third-order valence-corrected chi connectivity index (χ3v) is 2.44. The Morgan fingerprint density at radius 3 is 2.53 bits per heavy atom. The highest BCUT2D eigenvalue weighted by Crippen LogP contribution is 2.17. The molecule has 3 heteroatoms. The Morgan fingerprint density at radius 1 is 1.47 bits per heavy atom. The fourth-order valence-corrected chi connectivity index (χ4v) is 1.49. The summed E-state index contributed by atoms with van der Waals surface area (Å²) < 4.78 is 9.61. The summed E-state index contributed by atoms with van der Waals surface area (Å²) in [5.41, 5.74) is 0. The smallest absolute Gasteiger partial charge is 0.302 e. The van der Waals surface area contributed by atoms with Crippen LogP contribution in [0.3, 0.4) is 0 Å². The Hall–Kier alpha value is -0.570. The molecule has 0 spiro atoms. The van der Waals surface area contributed by atoms with Crippen LogP contribution in [0.25, 0.3) is 0 Å². The summed E-state index contributed by atoms with van der Waals surface area (Å²) in [7, 11) is 1.35. The molecule has 1 atom stereocenters. The lowest BCUT2D eigenvalue weighted by Crippen LogP contribution is -2.03. The Bertz CT molecular complexity index is 151. The topological polar surface area (TPSA) is 35.5 Å². The van der Waals surface area contributed by atoms with Crippen LogP contribution in [0.4, 0.5) is 0 Å². The molecule has 0 radical (unpaired) electrons. The Kier molecular flexibility index (Phi) is 9.59. The minimum absolute atomic E-state index is 0.245. The molecular weight excluding hydrogens is 192 g/mol. The normalized spacial score (nSPS) is 19.3. The molecule has 1 rings (SSSR count). The van der Waals surface area contributed by atoms with Crippen molar-refractivity contribution in [2.75, 3.05) is 13.7 Å². The zero-order chi connectivity index (χ0) is 11.5. The van der Waals surface area contributed by atoms with Gasteiger partial charge in [-0.2, -0.15) is 0 Å². The summed E-state index contributed by atoms with van der Waals surface area (Å²) in [6.45, 7) is 4.62. The highest BCUT2D eigenvalue weighted by molar-refractivity contribution is 5.65. The van der Waals surface area contributed by atoms with Crippen molar-refractivity contribution < 1.29 is 14.3 Å². The molecule has 3 nitrogen and oxygen atoms in total. The first kappa shape index (κ1) is 14.4. The van der Waals surface area contributed by atoms with Crippen molar-refractivity contribution in [2.45, 2.75) is 58.5 Å². The number of esters is 1. The lowest BCUT2D eigenvalue weighted by Gasteiger charge is -2.06. The molecule has 1 saturated heterocycles. The van der Waals surface area contributed by atoms with E-state index >= 15 is 0 Å². The molecule has 1 aliphatic heterocycles. The summed E-state index contributed by atoms with van der Waals surface area (Å²) in [6, 6.07) is 0. The van der Waals surface area contributed by atoms with Crippen molar-refractivity contribution in [1.82, 2.24) is 0 Å². The molecule has 0 N–H and O–H groups in total. The highest BCUT2D eigenvalue weighted by atomic mass is 16.5. The summed E-state index contributed by atoms with van der Waals surface area (Å²) in [4.78, 5) is 9.59. The summed E-state index contributed by atoms with van der Waals surface area (Å²) in [5.74, 6) is -0.245. The van der Waals surface area contributed by atoms with Gasteiger partial charge in [-0.25, -0.2) is 0 Å². The first-order valence-corrected chi connectivity index (χ1v) is 5.86. The number of carbonyl (C=O) groups is 1. The van der Waals surface area contributed by atoms with E-state index in [1.165, 1.54) is 52.6 Å². The van der Waals surface area contributed by atoms with Crippen molar-refractivity contribution in [2.24, 2.45) is 0 Å². The highest BCUT2D eigenvalue weighted by Gasteiger charge is 2.13. The van der Waals surface area contributed by atoms with E-state index in [1.54, 1.807) is 0 Å². The largest absolute Gasteiger partial charge is 0.469 e. The van der Waals surface area contributed by atoms with Crippen LogP contribution in [-0.4, -0.2) is 25.8 Å². The van der Waals surface area contributed by atoms with Crippen LogP contribution < -0.4 is 0 Å². The van der Waals surface area contributed by atoms with Gasteiger partial charge in [-0.15, -0.1) is 0 Å². The van der Waals surface area contributed by atoms with Crippen LogP contribution in [0.5, 0.6) is 0 Å². The van der Waals surface area contributed by atoms with Gasteiger partial charge >= 0.3 is 5.97 Å². The van der Waals surface area contributed by atoms with E-state index in [9.17, 15) is 4.79 Å². The fourth-order valence-electron chi connectivity index (χ4n) is 1.49. The van der Waals surface area contributed by atoms with Crippen LogP contribution in [0.1, 0.15) is 52.4 Å². The lowest BCUT2D eigenvalue weighted by molar-refractivity contribution is -0.137. The molecule has 0 bridgehead atoms. The summed E-state index contributed by atoms with van der Waals surface area (Å²) in [6.07, 6.45) is 8.58. The number of unbranched alkanes of at least 4 members (excludes halogenated alkanes) is 2. The van der Waals surface area contributed by atoms with Gasteiger partial charge in [-0.05, 0) is 19.3 Å². The zero-order valence-electron chi connectivity index (χ0n) is 10.3. The van der Waals surface area contributed by atoms with E-state index in [0.29, 0.717) is 6.10 Å². The molecule has 0 aliphatic carbocycles. The van der Waals surface area contributed by atoms with E-state index in [0.717, 1.165) is 6.61 Å². The number of carbonyl (C=O) groups excluding carboxylic acids is 1. The van der Waals surface area contributed by atoms with Gasteiger partial charge in [-0.1, -0.05) is 26.2 Å². The Morgan fingerprint density at radius 2 is 2.13 bits per heavy atom. The second-order valence-corrected chi connectivity index (χ2v) is 3.83. The number of hydrogen-bond acceptors (Lipinski definition) is 3. The van der Waals surface area contributed by atoms with Crippen LogP contribution in [0, 0.1) is 0 Å². The van der Waals surface area contributed by atoms with Crippen LogP contribution in [-0.2, 0) is 14.3 Å². The van der Waals surface area contributed by atoms with Crippen molar-refractivity contribution in [3.05, 3.63) is 0 Å². The van der Waals surface area contributed by atoms with Gasteiger partial charge in [0.1, 0.15) is 0 Å². The Balaban J connectivity index is 0.000000336. The summed E-state index contributed by atoms with van der Waals surface area (Å²) >= 11 is 0. The van der Waals surface area contributed by atoms with E-state index in [4.69, 9.17) is 4.74 Å². The maximum Gasteiger partial charge on any atom is 0.302 e. The van der Waals surface area contributed by atoms with E-state index in [1.807, 2.05) is 0 Å². The first-order valence-electron chi connectivity index (χ1n) is 5.86. The van der Waals surface area contributed by atoms with Gasteiger partial charge in [0.2, 0.25) is 0 Å². The number of hydrogen-bond donors (Lipinski definition) is 0. The van der Waals surface area contributed by atoms with Crippen molar-refractivity contribution in [3.63, 3.8) is 0 Å². The van der Waals surface area contributed by atoms with Crippen molar-refractivity contribution in [1.29, 1.82) is 0 Å². The average Bonchev–Trinajstić information content (AvgIpc) is 2.72. The predicted octanol–water partition coefficient (Wildman–Crippen LogP) is 2.93. The minimum atomic E-state index is -0.245. The van der Waals surface area contributed by atoms with Crippen LogP contribution >= 0.6 is 0 Å². The SMILES string of the molecule is CCCCCC1CCCO1.COC(C)=O. The number of methoxy groups -OCH3 is 1. The van der Waals surface area contributed by atoms with Gasteiger partial charge in [-0.3, -0.25) is 4.79 Å². The van der Waals surface area contributed by atoms with E-state index < -0.39 is 0 Å². The molecule has 0 amide bonds. The van der Waals surface area contributed by atoms with Crippen molar-refractivity contribution in [3.8, 4) is 0 Å². The first-order chi connectivity index (χ1) is 7.20. The molecule has 15 heavy (non-hydrogen) atoms. The molecule has 90 valence electrons. The molecule has 1 fully saturated rings. The maximum atomic E-state index is 9.59. The van der Waals surface area contributed by atoms with Crippen LogP contribution in [0.2, 0.25) is 0 Å². The third-order valence-electron chi connectivity index (χ3n) is 2.44. The molecule has 0 aromatic rings. The predicted molar refractivity (Wildman–Crippen MR) is 60.8 cm³/mol. The Labute approximate surface area is 93.1 Å². The molecule has 0 aromatic carbocycles. The standard InChI is InChI=1S/C9H18O.C3H6O2/c1-2-3-4-6-9-7-5-8-10-9;1-3(4)5-2/h9H,2-8H2,1H3;1-2H3. The monoisotopic (exact) mass is 216 g/mol. The van der Waals surface area contributed by atoms with Crippen LogP contribution in [0.15, 0.2) is 0 Å². The molecule has 0 saturated carbocycles. The van der Waals surface area contributed by atoms with Gasteiger partial charge in [0.25, 0.3) is 0 Å². The quantitative estimate of drug-likeness (QED) is 0.535. The van der Waals surface area contributed by atoms with Gasteiger partial charge < -0.3 is 9.47 Å². The zero-order valence-corrected chi connectivity index (χ0v) is 10.3. The van der Waals surface area contributed by atoms with Gasteiger partial charge in [0, 0.05) is 13.5 Å². The van der Waals surface area contributed by atoms with Gasteiger partial charge in [0.15, 0.2) is 0 Å². The molecule has 1 unspecified atom stereocenters. The molecular formula is C12H24O3. The average molecular weight is 216 g/mol. The van der Waals surface area contributed by atoms with Gasteiger partial charge in [0.05, 0.1) is 13.2 Å². The molecule has 1 aliphatic rings. The number of rotatable bonds is 4. The minimum Gasteiger partial charge on any atom is -0.469 e. The lowest BCUT2D eigenvalue weighted by atomic mass is 10.1. The summed E-state index contributed by atoms with van der Waals surface area (Å²) in [5, 5.41) is 0. The third kappa shape index (κ3) is 9.73. The molecule has 0 aromatic heterocycles. The maximum absolute atomic E-state index is 9.59. The second kappa shape index (κ2) is 9.97. The number of ether oxygens (including phenoxy) is 2. The fraction of sp³-hybridized carbons (Fsp3) is 0.917. The molecule has 1 heterocycles. The second-order valence-electron chi connectivity index (χ2n) is 3.83. The van der Waals surface area contributed by atoms with E-state index in [-0.39, 0.29) is 5.97 Å². The van der Waals surface area contributed by atoms with Crippen molar-refractivity contribution >= 4 is 5.97 Å². The van der Waals surface area contributed by atoms with E-state index in [2.05, 4.69) is 11.7 Å².